The molecule has 0 saturated carbocycles. The van der Waals surface area contributed by atoms with E-state index >= 15 is 0 Å². The number of hydrogen-bond acceptors (Lipinski definition) is 3. The van der Waals surface area contributed by atoms with Crippen LogP contribution in [-0.4, -0.2) is 46.8 Å². The van der Waals surface area contributed by atoms with E-state index in [9.17, 15) is 8.42 Å². The molecule has 0 atom stereocenters. The van der Waals surface area contributed by atoms with Gasteiger partial charge in [0.15, 0.2) is 5.96 Å². The van der Waals surface area contributed by atoms with Crippen molar-refractivity contribution in [3.8, 4) is 0 Å². The van der Waals surface area contributed by atoms with Gasteiger partial charge in [0.2, 0.25) is 10.0 Å². The lowest BCUT2D eigenvalue weighted by atomic mass is 10.1. The summed E-state index contributed by atoms with van der Waals surface area (Å²) in [5.41, 5.74) is 0. The number of hydrogen-bond donors (Lipinski definition) is 3. The molecule has 0 rings (SSSR count). The van der Waals surface area contributed by atoms with Crippen molar-refractivity contribution >= 4 is 40.0 Å². The summed E-state index contributed by atoms with van der Waals surface area (Å²) < 4.78 is 24.1. The van der Waals surface area contributed by atoms with Crippen molar-refractivity contribution in [2.24, 2.45) is 10.9 Å². The van der Waals surface area contributed by atoms with Crippen molar-refractivity contribution in [2.75, 3.05) is 32.4 Å². The molecule has 0 heterocycles. The number of guanidine groups is 1. The summed E-state index contributed by atoms with van der Waals surface area (Å²) in [7, 11) is -3.11. The molecule has 3 N–H and O–H groups in total. The third kappa shape index (κ3) is 15.9. The Balaban J connectivity index is 0. The molecule has 0 aliphatic heterocycles. The largest absolute Gasteiger partial charge is 0.357 e. The second-order valence-electron chi connectivity index (χ2n) is 4.54. The van der Waals surface area contributed by atoms with Crippen LogP contribution >= 0.6 is 24.0 Å². The Hall–Kier alpha value is -0.0900. The molecule has 116 valence electrons. The van der Waals surface area contributed by atoms with Crippen LogP contribution < -0.4 is 15.4 Å². The van der Waals surface area contributed by atoms with E-state index < -0.39 is 10.0 Å². The van der Waals surface area contributed by atoms with Gasteiger partial charge in [-0.25, -0.2) is 13.1 Å². The molecule has 0 aliphatic rings. The Kier molecular flexibility index (Phi) is 13.1. The van der Waals surface area contributed by atoms with Crippen LogP contribution in [0.5, 0.6) is 0 Å². The Morgan fingerprint density at radius 2 is 1.84 bits per heavy atom. The fourth-order valence-corrected chi connectivity index (χ4v) is 1.67. The minimum atomic E-state index is -3.11. The molecule has 0 bridgehead atoms. The highest BCUT2D eigenvalue weighted by atomic mass is 127. The molecule has 0 amide bonds. The van der Waals surface area contributed by atoms with Crippen LogP contribution in [0, 0.1) is 5.92 Å². The zero-order chi connectivity index (χ0) is 14.0. The molecule has 0 radical (unpaired) electrons. The molecule has 0 unspecified atom stereocenters. The van der Waals surface area contributed by atoms with Gasteiger partial charge in [0.05, 0.1) is 6.26 Å². The van der Waals surface area contributed by atoms with Crippen molar-refractivity contribution in [1.82, 2.24) is 15.4 Å². The van der Waals surface area contributed by atoms with Crippen LogP contribution in [0.15, 0.2) is 4.99 Å². The molecule has 0 fully saturated rings. The van der Waals surface area contributed by atoms with Crippen LogP contribution in [-0.2, 0) is 10.0 Å². The Morgan fingerprint density at radius 1 is 1.21 bits per heavy atom. The summed E-state index contributed by atoms with van der Waals surface area (Å²) in [5.74, 6) is 1.36. The molecule has 8 heteroatoms. The minimum absolute atomic E-state index is 0. The maximum atomic E-state index is 10.9. The highest BCUT2D eigenvalue weighted by Gasteiger charge is 2.00. The topological polar surface area (TPSA) is 82.6 Å². The van der Waals surface area contributed by atoms with Crippen LogP contribution in [0.2, 0.25) is 0 Å². The highest BCUT2D eigenvalue weighted by molar-refractivity contribution is 14.0. The van der Waals surface area contributed by atoms with Crippen LogP contribution in [0.25, 0.3) is 0 Å². The first-order valence-corrected chi connectivity index (χ1v) is 8.21. The summed E-state index contributed by atoms with van der Waals surface area (Å²) >= 11 is 0. The third-order valence-electron chi connectivity index (χ3n) is 2.10. The summed E-state index contributed by atoms with van der Waals surface area (Å²) in [4.78, 5) is 4.40. The van der Waals surface area contributed by atoms with Crippen molar-refractivity contribution in [3.63, 3.8) is 0 Å². The predicted molar refractivity (Wildman–Crippen MR) is 91.7 cm³/mol. The van der Waals surface area contributed by atoms with E-state index in [2.05, 4.69) is 34.2 Å². The van der Waals surface area contributed by atoms with Crippen molar-refractivity contribution in [1.29, 1.82) is 0 Å². The highest BCUT2D eigenvalue weighted by Crippen LogP contribution is 1.98. The van der Waals surface area contributed by atoms with E-state index in [4.69, 9.17) is 0 Å². The quantitative estimate of drug-likeness (QED) is 0.241. The van der Waals surface area contributed by atoms with Gasteiger partial charge in [-0.15, -0.1) is 24.0 Å². The van der Waals surface area contributed by atoms with E-state index in [-0.39, 0.29) is 24.0 Å². The number of sulfonamides is 1. The second-order valence-corrected chi connectivity index (χ2v) is 6.37. The zero-order valence-electron chi connectivity index (χ0n) is 12.2. The average Bonchev–Trinajstić information content (AvgIpc) is 2.22. The van der Waals surface area contributed by atoms with Gasteiger partial charge in [0.1, 0.15) is 0 Å². The molecule has 0 aromatic carbocycles. The predicted octanol–water partition coefficient (Wildman–Crippen LogP) is 0.755. The van der Waals surface area contributed by atoms with Gasteiger partial charge in [-0.2, -0.15) is 0 Å². The Bertz CT molecular complexity index is 345. The van der Waals surface area contributed by atoms with Gasteiger partial charge < -0.3 is 10.6 Å². The number of nitrogens with one attached hydrogen (secondary N) is 3. The van der Waals surface area contributed by atoms with Crippen LogP contribution in [0.4, 0.5) is 0 Å². The molecular formula is C11H27IN4O2S. The maximum Gasteiger partial charge on any atom is 0.208 e. The van der Waals surface area contributed by atoms with E-state index in [0.717, 1.165) is 31.7 Å². The molecule has 6 nitrogen and oxygen atoms in total. The number of aliphatic imine (C=N–C) groups is 1. The average molecular weight is 406 g/mol. The summed E-state index contributed by atoms with van der Waals surface area (Å²) in [6, 6.07) is 0. The minimum Gasteiger partial charge on any atom is -0.357 e. The van der Waals surface area contributed by atoms with E-state index in [1.807, 2.05) is 6.92 Å². The Morgan fingerprint density at radius 3 is 2.32 bits per heavy atom. The molecular weight excluding hydrogens is 379 g/mol. The number of rotatable bonds is 8. The molecule has 0 saturated heterocycles. The smallest absolute Gasteiger partial charge is 0.208 e. The van der Waals surface area contributed by atoms with Gasteiger partial charge in [0, 0.05) is 26.2 Å². The lowest BCUT2D eigenvalue weighted by molar-refractivity contribution is 0.585. The zero-order valence-corrected chi connectivity index (χ0v) is 15.3. The third-order valence-corrected chi connectivity index (χ3v) is 2.83. The molecule has 19 heavy (non-hydrogen) atoms. The SMILES string of the molecule is CCNC(=NCCC(C)C)NCCNS(C)(=O)=O.I. The monoisotopic (exact) mass is 406 g/mol. The normalized spacial score (nSPS) is 12.2. The lowest BCUT2D eigenvalue weighted by Crippen LogP contribution is -2.41. The van der Waals surface area contributed by atoms with Gasteiger partial charge >= 0.3 is 0 Å². The second kappa shape index (κ2) is 11.7. The van der Waals surface area contributed by atoms with Gasteiger partial charge in [-0.1, -0.05) is 13.8 Å². The standard InChI is InChI=1S/C11H26N4O2S.HI/c1-5-12-11(13-7-6-10(2)3)14-8-9-15-18(4,16)17;/h10,15H,5-9H2,1-4H3,(H2,12,13,14);1H. The van der Waals surface area contributed by atoms with Gasteiger partial charge in [-0.3, -0.25) is 4.99 Å². The van der Waals surface area contributed by atoms with E-state index in [1.165, 1.54) is 0 Å². The first-order valence-electron chi connectivity index (χ1n) is 6.32. The molecule has 0 aromatic heterocycles. The van der Waals surface area contributed by atoms with E-state index in [0.29, 0.717) is 19.0 Å². The van der Waals surface area contributed by atoms with Crippen molar-refractivity contribution in [2.45, 2.75) is 27.2 Å². The fourth-order valence-electron chi connectivity index (χ4n) is 1.19. The lowest BCUT2D eigenvalue weighted by Gasteiger charge is -2.11. The van der Waals surface area contributed by atoms with Gasteiger partial charge in [0.25, 0.3) is 0 Å². The number of halogens is 1. The number of nitrogens with zero attached hydrogens (tertiary/aromatic N) is 1. The molecule has 0 aromatic rings. The summed E-state index contributed by atoms with van der Waals surface area (Å²) in [6.45, 7) is 8.74. The first kappa shape index (κ1) is 21.2. The van der Waals surface area contributed by atoms with Crippen molar-refractivity contribution < 1.29 is 8.42 Å². The molecule has 0 aliphatic carbocycles. The fraction of sp³-hybridized carbons (Fsp3) is 0.909. The Labute approximate surface area is 134 Å². The first-order chi connectivity index (χ1) is 8.35. The van der Waals surface area contributed by atoms with Crippen molar-refractivity contribution in [3.05, 3.63) is 0 Å². The van der Waals surface area contributed by atoms with E-state index in [1.54, 1.807) is 0 Å². The maximum absolute atomic E-state index is 10.9. The summed E-state index contributed by atoms with van der Waals surface area (Å²) in [6.07, 6.45) is 2.19. The van der Waals surface area contributed by atoms with Crippen LogP contribution in [0.1, 0.15) is 27.2 Å². The van der Waals surface area contributed by atoms with Crippen LogP contribution in [0.3, 0.4) is 0 Å². The summed E-state index contributed by atoms with van der Waals surface area (Å²) in [5, 5.41) is 6.19. The molecule has 0 spiro atoms. The van der Waals surface area contributed by atoms with Gasteiger partial charge in [-0.05, 0) is 19.3 Å².